The Kier molecular flexibility index (Phi) is 3.18. The maximum absolute atomic E-state index is 12.2. The summed E-state index contributed by atoms with van der Waals surface area (Å²) >= 11 is 0. The van der Waals surface area contributed by atoms with Crippen LogP contribution in [0.4, 0.5) is 0 Å². The van der Waals surface area contributed by atoms with Crippen LogP contribution in [0.1, 0.15) is 22.2 Å². The number of rotatable bonds is 3. The number of nitrogens with one attached hydrogen (secondary N) is 1. The highest BCUT2D eigenvalue weighted by Gasteiger charge is 2.34. The Balaban J connectivity index is 1.42. The average Bonchev–Trinajstić information content (AvgIpc) is 3.16. The smallest absolute Gasteiger partial charge is 0.274 e. The molecular weight excluding hydrogens is 292 g/mol. The second kappa shape index (κ2) is 5.35. The number of nitrogens with zero attached hydrogens (tertiary/aromatic N) is 5. The van der Waals surface area contributed by atoms with Crippen molar-refractivity contribution in [2.24, 2.45) is 0 Å². The predicted molar refractivity (Wildman–Crippen MR) is 83.7 cm³/mol. The first-order chi connectivity index (χ1) is 11.2. The minimum Gasteiger partial charge on any atom is -0.333 e. The molecular formula is C16H16N6O. The molecule has 1 aromatic carbocycles. The van der Waals surface area contributed by atoms with Crippen LogP contribution >= 0.6 is 0 Å². The lowest BCUT2D eigenvalue weighted by Crippen LogP contribution is -2.51. The number of aryl methyl sites for hydroxylation is 1. The van der Waals surface area contributed by atoms with Crippen LogP contribution in [0.3, 0.4) is 0 Å². The van der Waals surface area contributed by atoms with E-state index in [1.165, 1.54) is 0 Å². The summed E-state index contributed by atoms with van der Waals surface area (Å²) in [6.07, 6.45) is 1.93. The molecule has 23 heavy (non-hydrogen) atoms. The number of benzene rings is 1. The van der Waals surface area contributed by atoms with E-state index in [0.29, 0.717) is 18.8 Å². The first-order valence-corrected chi connectivity index (χ1v) is 7.49. The minimum atomic E-state index is -0.0472. The number of H-pyrrole nitrogens is 1. The van der Waals surface area contributed by atoms with Crippen LogP contribution in [0.25, 0.3) is 11.3 Å². The van der Waals surface area contributed by atoms with E-state index >= 15 is 0 Å². The zero-order chi connectivity index (χ0) is 15.8. The molecule has 7 nitrogen and oxygen atoms in total. The quantitative estimate of drug-likeness (QED) is 0.798. The molecule has 1 N–H and O–H groups in total. The zero-order valence-corrected chi connectivity index (χ0v) is 12.7. The number of aromatic nitrogens is 5. The number of amides is 1. The molecule has 0 aliphatic carbocycles. The van der Waals surface area contributed by atoms with Gasteiger partial charge in [0, 0.05) is 24.3 Å². The van der Waals surface area contributed by atoms with Crippen LogP contribution in [-0.2, 0) is 0 Å². The molecule has 7 heteroatoms. The van der Waals surface area contributed by atoms with E-state index in [1.54, 1.807) is 11.0 Å². The molecule has 0 spiro atoms. The second-order valence-corrected chi connectivity index (χ2v) is 5.75. The molecule has 4 rings (SSSR count). The molecule has 116 valence electrons. The zero-order valence-electron chi connectivity index (χ0n) is 12.7. The van der Waals surface area contributed by atoms with Crippen molar-refractivity contribution >= 4 is 5.91 Å². The van der Waals surface area contributed by atoms with Crippen molar-refractivity contribution in [2.75, 3.05) is 13.1 Å². The second-order valence-electron chi connectivity index (χ2n) is 5.75. The molecule has 1 aliphatic heterocycles. The lowest BCUT2D eigenvalue weighted by Gasteiger charge is -2.38. The van der Waals surface area contributed by atoms with E-state index in [1.807, 2.05) is 48.1 Å². The van der Waals surface area contributed by atoms with Crippen molar-refractivity contribution in [3.05, 3.63) is 54.0 Å². The topological polar surface area (TPSA) is 79.7 Å². The Morgan fingerprint density at radius 2 is 2.04 bits per heavy atom. The van der Waals surface area contributed by atoms with Crippen LogP contribution in [0, 0.1) is 6.92 Å². The molecule has 0 saturated carbocycles. The largest absolute Gasteiger partial charge is 0.333 e. The third kappa shape index (κ3) is 2.50. The SMILES string of the molecule is Cc1cc(C(=O)N2CC(n3cc(-c4ccccc4)nn3)C2)n[nH]1. The van der Waals surface area contributed by atoms with Crippen LogP contribution in [0.2, 0.25) is 0 Å². The van der Waals surface area contributed by atoms with Gasteiger partial charge in [0.05, 0.1) is 12.2 Å². The Labute approximate surface area is 132 Å². The third-order valence-corrected chi connectivity index (χ3v) is 4.03. The van der Waals surface area contributed by atoms with Crippen LogP contribution < -0.4 is 0 Å². The van der Waals surface area contributed by atoms with Gasteiger partial charge >= 0.3 is 0 Å². The number of hydrogen-bond donors (Lipinski definition) is 1. The van der Waals surface area contributed by atoms with Crippen LogP contribution in [0.15, 0.2) is 42.6 Å². The number of carbonyl (C=O) groups is 1. The predicted octanol–water partition coefficient (Wildman–Crippen LogP) is 1.67. The minimum absolute atomic E-state index is 0.0472. The lowest BCUT2D eigenvalue weighted by atomic mass is 10.1. The van der Waals surface area contributed by atoms with E-state index in [9.17, 15) is 4.79 Å². The molecule has 2 aromatic heterocycles. The van der Waals surface area contributed by atoms with E-state index in [2.05, 4.69) is 20.5 Å². The van der Waals surface area contributed by atoms with Gasteiger partial charge in [0.1, 0.15) is 11.4 Å². The highest BCUT2D eigenvalue weighted by atomic mass is 16.2. The van der Waals surface area contributed by atoms with Gasteiger partial charge in [-0.25, -0.2) is 4.68 Å². The number of hydrogen-bond acceptors (Lipinski definition) is 4. The third-order valence-electron chi connectivity index (χ3n) is 4.03. The summed E-state index contributed by atoms with van der Waals surface area (Å²) in [6.45, 7) is 3.13. The lowest BCUT2D eigenvalue weighted by molar-refractivity contribution is 0.0492. The maximum Gasteiger partial charge on any atom is 0.274 e. The fraction of sp³-hybridized carbons (Fsp3) is 0.250. The van der Waals surface area contributed by atoms with Gasteiger partial charge in [-0.05, 0) is 13.0 Å². The molecule has 1 saturated heterocycles. The Bertz CT molecular complexity index is 831. The molecule has 3 aromatic rings. The summed E-state index contributed by atoms with van der Waals surface area (Å²) in [5.41, 5.74) is 3.23. The molecule has 0 unspecified atom stereocenters. The van der Waals surface area contributed by atoms with Crippen molar-refractivity contribution in [2.45, 2.75) is 13.0 Å². The van der Waals surface area contributed by atoms with Gasteiger partial charge in [0.25, 0.3) is 5.91 Å². The normalized spacial score (nSPS) is 14.7. The maximum atomic E-state index is 12.2. The summed E-state index contributed by atoms with van der Waals surface area (Å²) < 4.78 is 1.84. The molecule has 3 heterocycles. The van der Waals surface area contributed by atoms with Crippen LogP contribution in [0.5, 0.6) is 0 Å². The number of carbonyl (C=O) groups excluding carboxylic acids is 1. The van der Waals surface area contributed by atoms with Crippen molar-refractivity contribution in [1.29, 1.82) is 0 Å². The van der Waals surface area contributed by atoms with E-state index in [0.717, 1.165) is 17.0 Å². The van der Waals surface area contributed by atoms with E-state index < -0.39 is 0 Å². The first-order valence-electron chi connectivity index (χ1n) is 7.49. The van der Waals surface area contributed by atoms with Gasteiger partial charge in [-0.15, -0.1) is 5.10 Å². The summed E-state index contributed by atoms with van der Waals surface area (Å²) in [4.78, 5) is 14.0. The van der Waals surface area contributed by atoms with Gasteiger partial charge in [0.2, 0.25) is 0 Å². The van der Waals surface area contributed by atoms with Gasteiger partial charge in [-0.1, -0.05) is 35.5 Å². The van der Waals surface area contributed by atoms with E-state index in [-0.39, 0.29) is 11.9 Å². The fourth-order valence-corrected chi connectivity index (χ4v) is 2.67. The molecule has 0 atom stereocenters. The molecule has 1 fully saturated rings. The Hall–Kier alpha value is -2.96. The van der Waals surface area contributed by atoms with Crippen molar-refractivity contribution in [3.63, 3.8) is 0 Å². The van der Waals surface area contributed by atoms with Crippen LogP contribution in [-0.4, -0.2) is 49.1 Å². The van der Waals surface area contributed by atoms with Gasteiger partial charge in [-0.3, -0.25) is 9.89 Å². The average molecular weight is 308 g/mol. The van der Waals surface area contributed by atoms with Gasteiger partial charge in [0.15, 0.2) is 0 Å². The van der Waals surface area contributed by atoms with Crippen molar-refractivity contribution < 1.29 is 4.79 Å². The molecule has 0 radical (unpaired) electrons. The number of aromatic amines is 1. The molecule has 1 aliphatic rings. The summed E-state index contributed by atoms with van der Waals surface area (Å²) in [7, 11) is 0. The van der Waals surface area contributed by atoms with Gasteiger partial charge in [-0.2, -0.15) is 5.10 Å². The van der Waals surface area contributed by atoms with Crippen molar-refractivity contribution in [3.8, 4) is 11.3 Å². The summed E-state index contributed by atoms with van der Waals surface area (Å²) in [5.74, 6) is -0.0472. The summed E-state index contributed by atoms with van der Waals surface area (Å²) in [5, 5.41) is 15.2. The van der Waals surface area contributed by atoms with Gasteiger partial charge < -0.3 is 4.90 Å². The summed E-state index contributed by atoms with van der Waals surface area (Å²) in [6, 6.07) is 11.9. The first kappa shape index (κ1) is 13.7. The Morgan fingerprint density at radius 1 is 1.26 bits per heavy atom. The Morgan fingerprint density at radius 3 is 2.74 bits per heavy atom. The monoisotopic (exact) mass is 308 g/mol. The highest BCUT2D eigenvalue weighted by Crippen LogP contribution is 2.24. The highest BCUT2D eigenvalue weighted by molar-refractivity contribution is 5.92. The van der Waals surface area contributed by atoms with Crippen molar-refractivity contribution in [1.82, 2.24) is 30.1 Å². The number of likely N-dealkylation sites (tertiary alicyclic amines) is 1. The van der Waals surface area contributed by atoms with E-state index in [4.69, 9.17) is 0 Å². The molecule has 0 bridgehead atoms. The standard InChI is InChI=1S/C16H16N6O/c1-11-7-14(18-17-11)16(23)21-8-13(9-21)22-10-15(19-20-22)12-5-3-2-4-6-12/h2-7,10,13H,8-9H2,1H3,(H,17,18). The fourth-order valence-electron chi connectivity index (χ4n) is 2.67. The molecule has 1 amide bonds.